The van der Waals surface area contributed by atoms with Crippen LogP contribution in [0.25, 0.3) is 16.9 Å². The van der Waals surface area contributed by atoms with Crippen LogP contribution >= 0.6 is 15.9 Å². The van der Waals surface area contributed by atoms with Crippen LogP contribution in [0.1, 0.15) is 31.4 Å². The molecule has 0 fully saturated rings. The molecule has 0 spiro atoms. The maximum absolute atomic E-state index is 12.6. The molecule has 0 aliphatic carbocycles. The molecule has 2 aromatic carbocycles. The van der Waals surface area contributed by atoms with Gasteiger partial charge in [-0.25, -0.2) is 4.68 Å². The minimum atomic E-state index is -0.794. The zero-order valence-electron chi connectivity index (χ0n) is 21.3. The molecule has 0 unspecified atom stereocenters. The Morgan fingerprint density at radius 2 is 1.90 bits per heavy atom. The summed E-state index contributed by atoms with van der Waals surface area (Å²) in [7, 11) is 0. The lowest BCUT2D eigenvalue weighted by molar-refractivity contribution is -0.127. The first kappa shape index (κ1) is 30.5. The van der Waals surface area contributed by atoms with E-state index in [0.29, 0.717) is 30.8 Å². The maximum atomic E-state index is 12.6. The monoisotopic (exact) mass is 607 g/mol. The number of ether oxygens (including phenoxy) is 1. The van der Waals surface area contributed by atoms with Gasteiger partial charge in [0.2, 0.25) is 17.7 Å². The summed E-state index contributed by atoms with van der Waals surface area (Å²) in [5, 5.41) is 17.4. The van der Waals surface area contributed by atoms with Crippen molar-refractivity contribution < 1.29 is 19.4 Å². The highest BCUT2D eigenvalue weighted by atomic mass is 79.9. The molecule has 4 rings (SSSR count). The zero-order chi connectivity index (χ0) is 27.6. The average molecular weight is 609 g/mol. The summed E-state index contributed by atoms with van der Waals surface area (Å²) in [4.78, 5) is 28.7. The van der Waals surface area contributed by atoms with Crippen LogP contribution in [0, 0.1) is 0 Å². The lowest BCUT2D eigenvalue weighted by Gasteiger charge is -2.16. The Bertz CT molecular complexity index is 1400. The number of nitrogens with zero attached hydrogens (tertiary/aromatic N) is 3. The van der Waals surface area contributed by atoms with E-state index in [1.807, 2.05) is 66.7 Å². The van der Waals surface area contributed by atoms with E-state index in [2.05, 4.69) is 26.2 Å². The van der Waals surface area contributed by atoms with Crippen LogP contribution in [-0.4, -0.2) is 50.9 Å². The Morgan fingerprint density at radius 1 is 1.10 bits per heavy atom. The Labute approximate surface area is 242 Å². The molecule has 0 radical (unpaired) electrons. The number of carbonyl (C=O) groups excluding carboxylic acids is 2. The average Bonchev–Trinajstić information content (AvgIpc) is 3.30. The molecule has 9 nitrogen and oxygen atoms in total. The fourth-order valence-corrected chi connectivity index (χ4v) is 4.57. The molecule has 210 valence electrons. The van der Waals surface area contributed by atoms with Gasteiger partial charge >= 0.3 is 0 Å². The van der Waals surface area contributed by atoms with Crippen LogP contribution in [-0.2, 0) is 22.4 Å². The van der Waals surface area contributed by atoms with Crippen molar-refractivity contribution in [2.75, 3.05) is 13.2 Å². The van der Waals surface area contributed by atoms with Gasteiger partial charge in [0.1, 0.15) is 11.7 Å². The zero-order valence-corrected chi connectivity index (χ0v) is 22.9. The standard InChI is InChI=1S/C29H30BrN5O4.CH4/c30-22-10-4-11-23(18-22)35-29(24(13-15-36)27(34-35)21-9-5-14-32-19-21)39-16-6-12-26(37)33-25(28(31)38)17-20-7-2-1-3-8-20;/h1-5,7-11,14,18-19,25,36H,6,12-13,15-17H2,(H2,31,38)(H,33,37);1H4/t25-;/m0./s1. The van der Waals surface area contributed by atoms with Crippen molar-refractivity contribution in [1.29, 1.82) is 0 Å². The number of primary amides is 1. The quantitative estimate of drug-likeness (QED) is 0.195. The van der Waals surface area contributed by atoms with Crippen molar-refractivity contribution in [3.8, 4) is 22.8 Å². The van der Waals surface area contributed by atoms with E-state index in [4.69, 9.17) is 15.6 Å². The number of aliphatic hydroxyl groups excluding tert-OH is 1. The molecule has 0 saturated heterocycles. The second-order valence-corrected chi connectivity index (χ2v) is 9.82. The Hall–Kier alpha value is -4.02. The van der Waals surface area contributed by atoms with Crippen molar-refractivity contribution in [2.45, 2.75) is 39.2 Å². The van der Waals surface area contributed by atoms with Crippen molar-refractivity contribution in [3.63, 3.8) is 0 Å². The fraction of sp³-hybridized carbons (Fsp3) is 0.267. The largest absolute Gasteiger partial charge is 0.477 e. The number of carbonyl (C=O) groups is 2. The van der Waals surface area contributed by atoms with Gasteiger partial charge in [0.05, 0.1) is 12.3 Å². The molecule has 1 atom stereocenters. The molecule has 0 bridgehead atoms. The van der Waals surface area contributed by atoms with Crippen LogP contribution in [0.5, 0.6) is 5.88 Å². The predicted molar refractivity (Wildman–Crippen MR) is 158 cm³/mol. The molecular formula is C30H34BrN5O4. The third kappa shape index (κ3) is 8.00. The number of nitrogens with two attached hydrogens (primary N) is 1. The molecule has 2 amide bonds. The predicted octanol–water partition coefficient (Wildman–Crippen LogP) is 4.24. The molecule has 0 saturated carbocycles. The highest BCUT2D eigenvalue weighted by Crippen LogP contribution is 2.33. The molecule has 0 aliphatic rings. The molecule has 2 heterocycles. The summed E-state index contributed by atoms with van der Waals surface area (Å²) in [6.45, 7) is 0.129. The smallest absolute Gasteiger partial charge is 0.240 e. The van der Waals surface area contributed by atoms with Crippen LogP contribution in [0.4, 0.5) is 0 Å². The number of nitrogens with one attached hydrogen (secondary N) is 1. The minimum Gasteiger partial charge on any atom is -0.477 e. The number of aliphatic hydroxyl groups is 1. The van der Waals surface area contributed by atoms with Gasteiger partial charge in [-0.15, -0.1) is 0 Å². The Balaban J connectivity index is 0.00000441. The van der Waals surface area contributed by atoms with E-state index in [0.717, 1.165) is 26.9 Å². The van der Waals surface area contributed by atoms with Gasteiger partial charge in [0.25, 0.3) is 0 Å². The molecule has 40 heavy (non-hydrogen) atoms. The van der Waals surface area contributed by atoms with Crippen molar-refractivity contribution >= 4 is 27.7 Å². The summed E-state index contributed by atoms with van der Waals surface area (Å²) < 4.78 is 8.77. The topological polar surface area (TPSA) is 132 Å². The van der Waals surface area contributed by atoms with E-state index in [9.17, 15) is 14.7 Å². The molecule has 4 N–H and O–H groups in total. The maximum Gasteiger partial charge on any atom is 0.240 e. The molecule has 2 aromatic heterocycles. The normalized spacial score (nSPS) is 11.3. The number of rotatable bonds is 13. The summed E-state index contributed by atoms with van der Waals surface area (Å²) in [6, 6.07) is 20.0. The van der Waals surface area contributed by atoms with Crippen LogP contribution in [0.15, 0.2) is 83.6 Å². The van der Waals surface area contributed by atoms with Crippen LogP contribution < -0.4 is 15.8 Å². The van der Waals surface area contributed by atoms with Gasteiger partial charge in [-0.05, 0) is 42.3 Å². The molecule has 0 aliphatic heterocycles. The lowest BCUT2D eigenvalue weighted by Crippen LogP contribution is -2.45. The minimum absolute atomic E-state index is 0. The van der Waals surface area contributed by atoms with E-state index in [1.54, 1.807) is 17.1 Å². The van der Waals surface area contributed by atoms with Crippen molar-refractivity contribution in [2.24, 2.45) is 5.73 Å². The highest BCUT2D eigenvalue weighted by molar-refractivity contribution is 9.10. The van der Waals surface area contributed by atoms with Gasteiger partial charge in [0, 0.05) is 53.9 Å². The number of benzene rings is 2. The van der Waals surface area contributed by atoms with E-state index < -0.39 is 11.9 Å². The van der Waals surface area contributed by atoms with E-state index in [1.165, 1.54) is 0 Å². The first-order valence-corrected chi connectivity index (χ1v) is 13.4. The fourth-order valence-electron chi connectivity index (χ4n) is 4.18. The summed E-state index contributed by atoms with van der Waals surface area (Å²) in [5.41, 5.74) is 9.41. The summed E-state index contributed by atoms with van der Waals surface area (Å²) in [6.07, 6.45) is 4.60. The van der Waals surface area contributed by atoms with Gasteiger partial charge in [-0.1, -0.05) is 59.8 Å². The molecule has 4 aromatic rings. The van der Waals surface area contributed by atoms with Crippen molar-refractivity contribution in [3.05, 3.63) is 94.7 Å². The number of amides is 2. The van der Waals surface area contributed by atoms with Gasteiger partial charge < -0.3 is 20.9 Å². The van der Waals surface area contributed by atoms with Crippen LogP contribution in [0.3, 0.4) is 0 Å². The summed E-state index contributed by atoms with van der Waals surface area (Å²) >= 11 is 3.51. The highest BCUT2D eigenvalue weighted by Gasteiger charge is 2.22. The lowest BCUT2D eigenvalue weighted by atomic mass is 10.1. The SMILES string of the molecule is C.NC(=O)[C@H](Cc1ccccc1)NC(=O)CCCOc1c(CCO)c(-c2cccnc2)nn1-c1cccc(Br)c1. The first-order chi connectivity index (χ1) is 19.0. The van der Waals surface area contributed by atoms with E-state index >= 15 is 0 Å². The molecular weight excluding hydrogens is 574 g/mol. The Morgan fingerprint density at radius 3 is 2.58 bits per heavy atom. The third-order valence-electron chi connectivity index (χ3n) is 6.03. The summed E-state index contributed by atoms with van der Waals surface area (Å²) in [5.74, 6) is -0.385. The molecule has 10 heteroatoms. The number of hydrogen-bond donors (Lipinski definition) is 3. The number of hydrogen-bond acceptors (Lipinski definition) is 6. The van der Waals surface area contributed by atoms with Gasteiger partial charge in [-0.3, -0.25) is 14.6 Å². The second-order valence-electron chi connectivity index (χ2n) is 8.90. The Kier molecular flexibility index (Phi) is 11.4. The van der Waals surface area contributed by atoms with Crippen molar-refractivity contribution in [1.82, 2.24) is 20.1 Å². The van der Waals surface area contributed by atoms with E-state index in [-0.39, 0.29) is 33.0 Å². The number of halogens is 1. The number of aromatic nitrogens is 3. The first-order valence-electron chi connectivity index (χ1n) is 12.6. The van der Waals surface area contributed by atoms with Gasteiger partial charge in [-0.2, -0.15) is 5.10 Å². The number of pyridine rings is 1. The van der Waals surface area contributed by atoms with Crippen LogP contribution in [0.2, 0.25) is 0 Å². The third-order valence-corrected chi connectivity index (χ3v) is 6.53. The van der Waals surface area contributed by atoms with Gasteiger partial charge in [0.15, 0.2) is 0 Å². The second kappa shape index (κ2) is 14.9.